The lowest BCUT2D eigenvalue weighted by Gasteiger charge is -2.38. The first-order chi connectivity index (χ1) is 18.0. The molecule has 0 bridgehead atoms. The van der Waals surface area contributed by atoms with E-state index in [1.54, 1.807) is 24.3 Å². The summed E-state index contributed by atoms with van der Waals surface area (Å²) in [5.41, 5.74) is -3.06. The lowest BCUT2D eigenvalue weighted by molar-refractivity contribution is -0.130. The number of cyclic esters (lactones) is 1. The van der Waals surface area contributed by atoms with Gasteiger partial charge in [0.15, 0.2) is 0 Å². The van der Waals surface area contributed by atoms with E-state index in [2.05, 4.69) is 16.0 Å². The van der Waals surface area contributed by atoms with Crippen molar-refractivity contribution in [3.63, 3.8) is 0 Å². The molecule has 11 nitrogen and oxygen atoms in total. The molecule has 1 aliphatic heterocycles. The summed E-state index contributed by atoms with van der Waals surface area (Å²) >= 11 is 6.16. The molecule has 3 atom stereocenters. The summed E-state index contributed by atoms with van der Waals surface area (Å²) in [5, 5.41) is 18.7. The average molecular weight is 574 g/mol. The van der Waals surface area contributed by atoms with Crippen LogP contribution in [0.25, 0.3) is 0 Å². The van der Waals surface area contributed by atoms with E-state index >= 15 is 0 Å². The van der Waals surface area contributed by atoms with Gasteiger partial charge >= 0.3 is 6.09 Å². The first-order valence-electron chi connectivity index (χ1n) is 13.0. The SMILES string of the molecule is O=C1CC[C@@H](C(O)S(=O)(=O)O)NC(=O)C2(CCCCC2)NC(=O)OC(c2cccc(Cl)c2)CCCCCN1. The van der Waals surface area contributed by atoms with Crippen molar-refractivity contribution in [2.45, 2.75) is 93.7 Å². The Hall–Kier alpha value is -2.41. The molecule has 1 spiro atoms. The molecule has 13 heteroatoms. The van der Waals surface area contributed by atoms with Gasteiger partial charge in [-0.25, -0.2) is 4.79 Å². The third kappa shape index (κ3) is 8.55. The van der Waals surface area contributed by atoms with Gasteiger partial charge in [-0.15, -0.1) is 0 Å². The molecule has 38 heavy (non-hydrogen) atoms. The van der Waals surface area contributed by atoms with Crippen LogP contribution in [0.4, 0.5) is 4.79 Å². The fraction of sp³-hybridized carbons (Fsp3) is 0.640. The molecule has 212 valence electrons. The number of carbonyl (C=O) groups is 3. The van der Waals surface area contributed by atoms with Crippen LogP contribution in [0.5, 0.6) is 0 Å². The van der Waals surface area contributed by atoms with Crippen LogP contribution in [0.15, 0.2) is 24.3 Å². The zero-order valence-electron chi connectivity index (χ0n) is 21.2. The van der Waals surface area contributed by atoms with Crippen molar-refractivity contribution in [3.8, 4) is 0 Å². The third-order valence-corrected chi connectivity index (χ3v) is 8.24. The Kier molecular flexibility index (Phi) is 10.8. The van der Waals surface area contributed by atoms with Gasteiger partial charge in [-0.05, 0) is 56.2 Å². The van der Waals surface area contributed by atoms with E-state index in [1.165, 1.54) is 0 Å². The minimum atomic E-state index is -4.95. The molecule has 2 fully saturated rings. The predicted octanol–water partition coefficient (Wildman–Crippen LogP) is 2.97. The Balaban J connectivity index is 1.90. The number of rotatable bonds is 3. The fourth-order valence-electron chi connectivity index (χ4n) is 4.95. The smallest absolute Gasteiger partial charge is 0.408 e. The second-order valence-corrected chi connectivity index (χ2v) is 11.9. The predicted molar refractivity (Wildman–Crippen MR) is 140 cm³/mol. The van der Waals surface area contributed by atoms with E-state index in [0.29, 0.717) is 49.2 Å². The molecule has 1 saturated heterocycles. The number of aliphatic hydroxyl groups excluding tert-OH is 1. The standard InChI is InChI=1S/C25H36ClN3O8S/c26-18-9-7-8-17(16-18)20-10-3-1-6-15-27-21(30)12-11-19(22(31)38(34,35)36)28-23(32)25(29-24(33)37-20)13-4-2-5-14-25/h7-9,16,19-20,22,31H,1-6,10-15H2,(H,27,30)(H,28,32)(H,29,33)(H,34,35,36)/t19-,20?,22?/m0/s1. The highest BCUT2D eigenvalue weighted by atomic mass is 35.5. The number of hydrogen-bond acceptors (Lipinski definition) is 7. The van der Waals surface area contributed by atoms with Gasteiger partial charge in [0.2, 0.25) is 17.3 Å². The van der Waals surface area contributed by atoms with Crippen molar-refractivity contribution in [3.05, 3.63) is 34.9 Å². The van der Waals surface area contributed by atoms with Crippen LogP contribution in [-0.2, 0) is 24.4 Å². The molecule has 3 amide bonds. The van der Waals surface area contributed by atoms with E-state index < -0.39 is 45.2 Å². The molecule has 1 aliphatic carbocycles. The summed E-state index contributed by atoms with van der Waals surface area (Å²) in [6.45, 7) is 0.378. The molecule has 1 aromatic rings. The van der Waals surface area contributed by atoms with Crippen molar-refractivity contribution in [1.29, 1.82) is 0 Å². The van der Waals surface area contributed by atoms with Crippen LogP contribution in [0, 0.1) is 0 Å². The van der Waals surface area contributed by atoms with Gasteiger partial charge in [-0.2, -0.15) is 8.42 Å². The molecule has 1 saturated carbocycles. The summed E-state index contributed by atoms with van der Waals surface area (Å²) in [6, 6.07) is 5.51. The highest BCUT2D eigenvalue weighted by Crippen LogP contribution is 2.31. The van der Waals surface area contributed by atoms with Crippen LogP contribution in [0.2, 0.25) is 5.02 Å². The minimum Gasteiger partial charge on any atom is -0.441 e. The largest absolute Gasteiger partial charge is 0.441 e. The summed E-state index contributed by atoms with van der Waals surface area (Å²) in [5.74, 6) is -1.09. The van der Waals surface area contributed by atoms with Crippen molar-refractivity contribution in [2.75, 3.05) is 6.54 Å². The lowest BCUT2D eigenvalue weighted by Crippen LogP contribution is -2.62. The van der Waals surface area contributed by atoms with Gasteiger partial charge in [0.05, 0.1) is 6.04 Å². The maximum Gasteiger partial charge on any atom is 0.408 e. The van der Waals surface area contributed by atoms with Crippen LogP contribution >= 0.6 is 11.6 Å². The number of alkyl carbamates (subject to hydrolysis) is 1. The number of benzene rings is 1. The molecular formula is C25H36ClN3O8S. The number of amides is 3. The summed E-state index contributed by atoms with van der Waals surface area (Å²) in [7, 11) is -4.95. The van der Waals surface area contributed by atoms with Gasteiger partial charge in [-0.3, -0.25) is 14.1 Å². The first-order valence-corrected chi connectivity index (χ1v) is 14.8. The molecule has 1 heterocycles. The summed E-state index contributed by atoms with van der Waals surface area (Å²) in [6.07, 6.45) is 3.39. The maximum atomic E-state index is 13.5. The van der Waals surface area contributed by atoms with E-state index in [-0.39, 0.29) is 31.6 Å². The Labute approximate surface area is 227 Å². The second kappa shape index (κ2) is 13.6. The van der Waals surface area contributed by atoms with Gasteiger partial charge < -0.3 is 25.8 Å². The molecule has 1 aromatic carbocycles. The van der Waals surface area contributed by atoms with Gasteiger partial charge in [0.1, 0.15) is 11.6 Å². The monoisotopic (exact) mass is 573 g/mol. The maximum absolute atomic E-state index is 13.5. The van der Waals surface area contributed by atoms with E-state index in [1.807, 2.05) is 0 Å². The normalized spacial score (nSPS) is 25.3. The van der Waals surface area contributed by atoms with E-state index in [4.69, 9.17) is 16.3 Å². The van der Waals surface area contributed by atoms with Gasteiger partial charge in [-0.1, -0.05) is 49.4 Å². The molecule has 2 unspecified atom stereocenters. The first kappa shape index (κ1) is 30.1. The number of carbonyl (C=O) groups excluding carboxylic acids is 3. The number of ether oxygens (including phenoxy) is 1. The van der Waals surface area contributed by atoms with Crippen molar-refractivity contribution >= 4 is 39.6 Å². The average Bonchev–Trinajstić information content (AvgIpc) is 2.86. The Morgan fingerprint density at radius 3 is 2.42 bits per heavy atom. The second-order valence-electron chi connectivity index (χ2n) is 9.94. The molecule has 0 aromatic heterocycles. The van der Waals surface area contributed by atoms with Crippen molar-refractivity contribution in [1.82, 2.24) is 16.0 Å². The molecule has 5 N–H and O–H groups in total. The zero-order chi connectivity index (χ0) is 27.8. The Bertz CT molecular complexity index is 1090. The van der Waals surface area contributed by atoms with Crippen molar-refractivity contribution in [2.24, 2.45) is 0 Å². The molecule has 2 aliphatic rings. The molecule has 3 rings (SSSR count). The number of aliphatic hydroxyl groups is 1. The van der Waals surface area contributed by atoms with E-state index in [0.717, 1.165) is 12.8 Å². The minimum absolute atomic E-state index is 0.184. The zero-order valence-corrected chi connectivity index (χ0v) is 22.7. The Morgan fingerprint density at radius 2 is 1.74 bits per heavy atom. The van der Waals surface area contributed by atoms with Gasteiger partial charge in [0, 0.05) is 18.0 Å². The van der Waals surface area contributed by atoms with E-state index in [9.17, 15) is 32.5 Å². The quantitative estimate of drug-likeness (QED) is 0.343. The third-order valence-electron chi connectivity index (χ3n) is 7.07. The molecule has 0 radical (unpaired) electrons. The lowest BCUT2D eigenvalue weighted by atomic mass is 9.80. The van der Waals surface area contributed by atoms with Crippen molar-refractivity contribution < 1.29 is 37.2 Å². The Morgan fingerprint density at radius 1 is 1.03 bits per heavy atom. The van der Waals surface area contributed by atoms with Crippen LogP contribution in [0.3, 0.4) is 0 Å². The highest BCUT2D eigenvalue weighted by Gasteiger charge is 2.44. The highest BCUT2D eigenvalue weighted by molar-refractivity contribution is 7.86. The van der Waals surface area contributed by atoms with Crippen LogP contribution < -0.4 is 16.0 Å². The number of nitrogens with one attached hydrogen (secondary N) is 3. The number of hydrogen-bond donors (Lipinski definition) is 5. The van der Waals surface area contributed by atoms with Crippen LogP contribution in [0.1, 0.15) is 82.3 Å². The van der Waals surface area contributed by atoms with Crippen LogP contribution in [-0.4, -0.2) is 59.5 Å². The van der Waals surface area contributed by atoms with Gasteiger partial charge in [0.25, 0.3) is 10.1 Å². The fourth-order valence-corrected chi connectivity index (χ4v) is 5.77. The molecular weight excluding hydrogens is 538 g/mol. The summed E-state index contributed by atoms with van der Waals surface area (Å²) < 4.78 is 38.6. The topological polar surface area (TPSA) is 171 Å². The summed E-state index contributed by atoms with van der Waals surface area (Å²) in [4.78, 5) is 39.0. The number of halogens is 1.